The maximum Gasteiger partial charge on any atom is 0.0930 e. The van der Waals surface area contributed by atoms with E-state index < -0.39 is 0 Å². The van der Waals surface area contributed by atoms with E-state index >= 15 is 0 Å². The van der Waals surface area contributed by atoms with E-state index in [0.29, 0.717) is 12.2 Å². The summed E-state index contributed by atoms with van der Waals surface area (Å²) in [7, 11) is 0. The number of rotatable bonds is 4. The Bertz CT molecular complexity index is 268. The SMILES string of the molecule is CC=C(C)/C(C/C(N)=C/CC)=C(/C)O. The normalized spacial score (nSPS) is 15.4. The van der Waals surface area contributed by atoms with Crippen LogP contribution in [0.3, 0.4) is 0 Å². The second kappa shape index (κ2) is 6.30. The topological polar surface area (TPSA) is 46.2 Å². The first-order chi connectivity index (χ1) is 6.52. The van der Waals surface area contributed by atoms with Crippen molar-refractivity contribution in [3.05, 3.63) is 34.8 Å². The van der Waals surface area contributed by atoms with Crippen LogP contribution in [0.25, 0.3) is 0 Å². The lowest BCUT2D eigenvalue weighted by Gasteiger charge is -2.09. The van der Waals surface area contributed by atoms with Gasteiger partial charge in [-0.15, -0.1) is 0 Å². The largest absolute Gasteiger partial charge is 0.512 e. The Morgan fingerprint density at radius 3 is 2.29 bits per heavy atom. The lowest BCUT2D eigenvalue weighted by atomic mass is 10.0. The molecule has 0 atom stereocenters. The molecule has 80 valence electrons. The molecule has 0 aromatic heterocycles. The number of hydrogen-bond donors (Lipinski definition) is 2. The number of aliphatic hydroxyl groups excluding tert-OH is 1. The maximum absolute atomic E-state index is 9.49. The summed E-state index contributed by atoms with van der Waals surface area (Å²) in [5.74, 6) is 0.355. The minimum atomic E-state index is 0.355. The molecule has 0 bridgehead atoms. The molecule has 0 aliphatic heterocycles. The van der Waals surface area contributed by atoms with Crippen LogP contribution in [0.2, 0.25) is 0 Å². The molecule has 0 heterocycles. The summed E-state index contributed by atoms with van der Waals surface area (Å²) in [6.07, 6.45) is 5.52. The van der Waals surface area contributed by atoms with Gasteiger partial charge in [-0.25, -0.2) is 0 Å². The van der Waals surface area contributed by atoms with E-state index in [1.165, 1.54) is 0 Å². The van der Waals surface area contributed by atoms with Crippen LogP contribution in [-0.4, -0.2) is 5.11 Å². The van der Waals surface area contributed by atoms with Crippen molar-refractivity contribution in [1.29, 1.82) is 0 Å². The van der Waals surface area contributed by atoms with E-state index in [9.17, 15) is 5.11 Å². The molecule has 0 radical (unpaired) electrons. The van der Waals surface area contributed by atoms with Gasteiger partial charge in [0.2, 0.25) is 0 Å². The fourth-order valence-electron chi connectivity index (χ4n) is 1.27. The van der Waals surface area contributed by atoms with Crippen LogP contribution < -0.4 is 5.73 Å². The molecule has 0 aromatic carbocycles. The van der Waals surface area contributed by atoms with Gasteiger partial charge in [0.15, 0.2) is 0 Å². The van der Waals surface area contributed by atoms with Crippen molar-refractivity contribution in [1.82, 2.24) is 0 Å². The van der Waals surface area contributed by atoms with Crippen molar-refractivity contribution < 1.29 is 5.11 Å². The molecule has 0 saturated heterocycles. The smallest absolute Gasteiger partial charge is 0.0930 e. The van der Waals surface area contributed by atoms with Crippen LogP contribution in [-0.2, 0) is 0 Å². The second-order valence-corrected chi connectivity index (χ2v) is 3.40. The summed E-state index contributed by atoms with van der Waals surface area (Å²) in [6.45, 7) is 7.68. The first-order valence-electron chi connectivity index (χ1n) is 4.99. The van der Waals surface area contributed by atoms with Gasteiger partial charge < -0.3 is 10.8 Å². The monoisotopic (exact) mass is 195 g/mol. The van der Waals surface area contributed by atoms with Crippen molar-refractivity contribution in [2.75, 3.05) is 0 Å². The predicted molar refractivity (Wildman–Crippen MR) is 61.9 cm³/mol. The third-order valence-electron chi connectivity index (χ3n) is 2.19. The molecule has 0 spiro atoms. The molecule has 2 heteroatoms. The van der Waals surface area contributed by atoms with E-state index in [4.69, 9.17) is 5.73 Å². The van der Waals surface area contributed by atoms with E-state index in [-0.39, 0.29) is 0 Å². The minimum absolute atomic E-state index is 0.355. The summed E-state index contributed by atoms with van der Waals surface area (Å²) in [4.78, 5) is 0. The Kier molecular flexibility index (Phi) is 5.77. The summed E-state index contributed by atoms with van der Waals surface area (Å²) >= 11 is 0. The summed E-state index contributed by atoms with van der Waals surface area (Å²) in [5, 5.41) is 9.49. The van der Waals surface area contributed by atoms with Crippen LogP contribution in [0.1, 0.15) is 40.5 Å². The predicted octanol–water partition coefficient (Wildman–Crippen LogP) is 3.43. The van der Waals surface area contributed by atoms with Crippen LogP contribution in [0.5, 0.6) is 0 Å². The van der Waals surface area contributed by atoms with Crippen molar-refractivity contribution in [3.8, 4) is 0 Å². The highest BCUT2D eigenvalue weighted by Gasteiger charge is 2.05. The second-order valence-electron chi connectivity index (χ2n) is 3.40. The highest BCUT2D eigenvalue weighted by Crippen LogP contribution is 2.19. The van der Waals surface area contributed by atoms with E-state index in [1.807, 2.05) is 32.9 Å². The number of hydrogen-bond acceptors (Lipinski definition) is 2. The van der Waals surface area contributed by atoms with Gasteiger partial charge in [-0.3, -0.25) is 0 Å². The number of nitrogens with two attached hydrogens (primary N) is 1. The van der Waals surface area contributed by atoms with E-state index in [0.717, 1.165) is 23.3 Å². The van der Waals surface area contributed by atoms with Crippen LogP contribution in [0, 0.1) is 0 Å². The van der Waals surface area contributed by atoms with E-state index in [2.05, 4.69) is 0 Å². The Morgan fingerprint density at radius 1 is 1.36 bits per heavy atom. The molecule has 0 aromatic rings. The molecule has 0 aliphatic carbocycles. The van der Waals surface area contributed by atoms with Crippen molar-refractivity contribution in [2.24, 2.45) is 5.73 Å². The van der Waals surface area contributed by atoms with Gasteiger partial charge in [0.1, 0.15) is 0 Å². The fraction of sp³-hybridized carbons (Fsp3) is 0.500. The van der Waals surface area contributed by atoms with Gasteiger partial charge in [0.05, 0.1) is 5.76 Å². The van der Waals surface area contributed by atoms with Crippen molar-refractivity contribution in [2.45, 2.75) is 40.5 Å². The molecule has 14 heavy (non-hydrogen) atoms. The molecule has 2 nitrogen and oxygen atoms in total. The first-order valence-corrected chi connectivity index (χ1v) is 4.99. The summed E-state index contributed by atoms with van der Waals surface area (Å²) in [6, 6.07) is 0. The number of aliphatic hydroxyl groups is 1. The lowest BCUT2D eigenvalue weighted by molar-refractivity contribution is 0.406. The maximum atomic E-state index is 9.49. The highest BCUT2D eigenvalue weighted by molar-refractivity contribution is 5.33. The molecular formula is C12H21NO. The Balaban J connectivity index is 4.75. The van der Waals surface area contributed by atoms with Gasteiger partial charge in [0, 0.05) is 12.1 Å². The van der Waals surface area contributed by atoms with Crippen LogP contribution >= 0.6 is 0 Å². The van der Waals surface area contributed by atoms with Gasteiger partial charge >= 0.3 is 0 Å². The molecular weight excluding hydrogens is 174 g/mol. The van der Waals surface area contributed by atoms with Crippen molar-refractivity contribution >= 4 is 0 Å². The molecule has 0 fully saturated rings. The number of allylic oxidation sites excluding steroid dienone is 5. The van der Waals surface area contributed by atoms with Gasteiger partial charge in [-0.1, -0.05) is 19.1 Å². The third-order valence-corrected chi connectivity index (χ3v) is 2.19. The van der Waals surface area contributed by atoms with Gasteiger partial charge in [-0.05, 0) is 38.3 Å². The zero-order chi connectivity index (χ0) is 11.1. The lowest BCUT2D eigenvalue weighted by Crippen LogP contribution is -2.01. The van der Waals surface area contributed by atoms with E-state index in [1.54, 1.807) is 6.92 Å². The summed E-state index contributed by atoms with van der Waals surface area (Å²) in [5.41, 5.74) is 8.63. The molecule has 3 N–H and O–H groups in total. The van der Waals surface area contributed by atoms with Crippen molar-refractivity contribution in [3.63, 3.8) is 0 Å². The van der Waals surface area contributed by atoms with Crippen LogP contribution in [0.15, 0.2) is 34.8 Å². The Morgan fingerprint density at radius 2 is 1.93 bits per heavy atom. The highest BCUT2D eigenvalue weighted by atomic mass is 16.3. The standard InChI is InChI=1S/C12H21NO/c1-5-7-11(13)8-12(10(4)14)9(3)6-2/h6-7,14H,5,8,13H2,1-4H3/b9-6?,11-7-,12-10-. The molecule has 0 saturated carbocycles. The Hall–Kier alpha value is -1.18. The molecule has 0 amide bonds. The average Bonchev–Trinajstić information content (AvgIpc) is 2.13. The minimum Gasteiger partial charge on any atom is -0.512 e. The zero-order valence-electron chi connectivity index (χ0n) is 9.59. The van der Waals surface area contributed by atoms with Gasteiger partial charge in [-0.2, -0.15) is 0 Å². The fourth-order valence-corrected chi connectivity index (χ4v) is 1.27. The summed E-state index contributed by atoms with van der Waals surface area (Å²) < 4.78 is 0. The molecule has 0 rings (SSSR count). The zero-order valence-corrected chi connectivity index (χ0v) is 9.59. The average molecular weight is 195 g/mol. The van der Waals surface area contributed by atoms with Crippen LogP contribution in [0.4, 0.5) is 0 Å². The molecule has 0 unspecified atom stereocenters. The molecule has 0 aliphatic rings. The Labute approximate surface area is 86.8 Å². The third kappa shape index (κ3) is 4.17. The van der Waals surface area contributed by atoms with Gasteiger partial charge in [0.25, 0.3) is 0 Å². The quantitative estimate of drug-likeness (QED) is 0.533. The first kappa shape index (κ1) is 12.8.